The number of hydrogen-bond acceptors (Lipinski definition) is 4. The molecule has 2 rings (SSSR count). The van der Waals surface area contributed by atoms with Crippen LogP contribution in [0.25, 0.3) is 0 Å². The molecule has 0 bridgehead atoms. The number of anilines is 1. The quantitative estimate of drug-likeness (QED) is 0.727. The molecule has 3 N–H and O–H groups in total. The Morgan fingerprint density at radius 2 is 2.12 bits per heavy atom. The summed E-state index contributed by atoms with van der Waals surface area (Å²) in [7, 11) is 1.73. The van der Waals surface area contributed by atoms with Crippen molar-refractivity contribution >= 4 is 17.6 Å². The van der Waals surface area contributed by atoms with Gasteiger partial charge in [0.15, 0.2) is 0 Å². The summed E-state index contributed by atoms with van der Waals surface area (Å²) in [5, 5.41) is 13.1. The van der Waals surface area contributed by atoms with E-state index < -0.39 is 24.0 Å². The first-order valence-electron chi connectivity index (χ1n) is 5.30. The third-order valence-electron chi connectivity index (χ3n) is 2.99. The minimum absolute atomic E-state index is 0.415. The summed E-state index contributed by atoms with van der Waals surface area (Å²) in [4.78, 5) is 24.0. The van der Waals surface area contributed by atoms with Crippen molar-refractivity contribution in [2.75, 3.05) is 4.90 Å². The van der Waals surface area contributed by atoms with Crippen LogP contribution in [0.5, 0.6) is 0 Å². The van der Waals surface area contributed by atoms with Gasteiger partial charge in [0.1, 0.15) is 12.1 Å². The van der Waals surface area contributed by atoms with Gasteiger partial charge in [-0.1, -0.05) is 0 Å². The van der Waals surface area contributed by atoms with Gasteiger partial charge < -0.3 is 15.7 Å². The molecule has 0 radical (unpaired) electrons. The summed E-state index contributed by atoms with van der Waals surface area (Å²) in [5.41, 5.74) is 5.91. The third kappa shape index (κ3) is 1.95. The average molecular weight is 238 g/mol. The van der Waals surface area contributed by atoms with Crippen molar-refractivity contribution in [1.82, 2.24) is 9.78 Å². The zero-order chi connectivity index (χ0) is 12.6. The molecule has 0 spiro atoms. The maximum atomic E-state index is 11.3. The normalized spacial score (nSPS) is 23.9. The second-order valence-electron chi connectivity index (χ2n) is 4.13. The van der Waals surface area contributed by atoms with E-state index in [4.69, 9.17) is 10.8 Å². The van der Waals surface area contributed by atoms with Crippen molar-refractivity contribution in [2.24, 2.45) is 12.8 Å². The van der Waals surface area contributed by atoms with Gasteiger partial charge in [-0.05, 0) is 12.8 Å². The van der Waals surface area contributed by atoms with Crippen LogP contribution in [0.15, 0.2) is 12.4 Å². The summed E-state index contributed by atoms with van der Waals surface area (Å²) in [5.74, 6) is -1.45. The number of aromatic nitrogens is 2. The molecule has 17 heavy (non-hydrogen) atoms. The molecule has 1 aliphatic heterocycles. The lowest BCUT2D eigenvalue weighted by molar-refractivity contribution is -0.138. The van der Waals surface area contributed by atoms with Gasteiger partial charge in [-0.3, -0.25) is 9.48 Å². The van der Waals surface area contributed by atoms with Gasteiger partial charge in [0.25, 0.3) is 0 Å². The van der Waals surface area contributed by atoms with Gasteiger partial charge in [0.2, 0.25) is 5.91 Å². The number of carbonyl (C=O) groups excluding carboxylic acids is 1. The second kappa shape index (κ2) is 4.08. The molecule has 1 amide bonds. The maximum Gasteiger partial charge on any atom is 0.326 e. The van der Waals surface area contributed by atoms with Gasteiger partial charge in [-0.15, -0.1) is 0 Å². The molecule has 0 aliphatic carbocycles. The fourth-order valence-corrected chi connectivity index (χ4v) is 2.23. The molecule has 2 atom stereocenters. The second-order valence-corrected chi connectivity index (χ2v) is 4.13. The van der Waals surface area contributed by atoms with Crippen LogP contribution in [0, 0.1) is 0 Å². The van der Waals surface area contributed by atoms with E-state index in [-0.39, 0.29) is 0 Å². The third-order valence-corrected chi connectivity index (χ3v) is 2.99. The molecule has 1 fully saturated rings. The average Bonchev–Trinajstić information content (AvgIpc) is 2.81. The predicted molar refractivity (Wildman–Crippen MR) is 59.3 cm³/mol. The highest BCUT2D eigenvalue weighted by Gasteiger charge is 2.41. The molecular formula is C10H14N4O3. The van der Waals surface area contributed by atoms with E-state index in [1.165, 1.54) is 11.1 Å². The number of aryl methyl sites for hydroxylation is 1. The van der Waals surface area contributed by atoms with Crippen molar-refractivity contribution in [1.29, 1.82) is 0 Å². The zero-order valence-electron chi connectivity index (χ0n) is 9.41. The SMILES string of the molecule is Cn1cc(N2[C@@H](C(=O)O)CC[C@H]2C(N)=O)cn1. The fraction of sp³-hybridized carbons (Fsp3) is 0.500. The van der Waals surface area contributed by atoms with E-state index in [1.807, 2.05) is 0 Å². The number of aliphatic carboxylic acids is 1. The Bertz CT molecular complexity index is 434. The fourth-order valence-electron chi connectivity index (χ4n) is 2.23. The molecule has 0 unspecified atom stereocenters. The molecule has 1 aromatic heterocycles. The van der Waals surface area contributed by atoms with Gasteiger partial charge in [-0.2, -0.15) is 5.10 Å². The first-order valence-corrected chi connectivity index (χ1v) is 5.30. The predicted octanol–water partition coefficient (Wildman–Crippen LogP) is -0.673. The van der Waals surface area contributed by atoms with Crippen molar-refractivity contribution in [3.63, 3.8) is 0 Å². The molecule has 92 valence electrons. The van der Waals surface area contributed by atoms with Crippen LogP contribution in [0.3, 0.4) is 0 Å². The molecule has 1 saturated heterocycles. The Kier molecular flexibility index (Phi) is 2.74. The van der Waals surface area contributed by atoms with Crippen LogP contribution < -0.4 is 10.6 Å². The topological polar surface area (TPSA) is 101 Å². The van der Waals surface area contributed by atoms with Crippen LogP contribution >= 0.6 is 0 Å². The van der Waals surface area contributed by atoms with Crippen LogP contribution in [0.2, 0.25) is 0 Å². The largest absolute Gasteiger partial charge is 0.480 e. The first-order chi connectivity index (χ1) is 8.00. The minimum Gasteiger partial charge on any atom is -0.480 e. The molecule has 2 heterocycles. The summed E-state index contributed by atoms with van der Waals surface area (Å²) in [6.45, 7) is 0. The number of nitrogens with two attached hydrogens (primary N) is 1. The van der Waals surface area contributed by atoms with E-state index in [0.29, 0.717) is 18.5 Å². The Hall–Kier alpha value is -2.05. The van der Waals surface area contributed by atoms with Crippen LogP contribution in [0.1, 0.15) is 12.8 Å². The van der Waals surface area contributed by atoms with Crippen LogP contribution in [-0.2, 0) is 16.6 Å². The van der Waals surface area contributed by atoms with Gasteiger partial charge in [0.05, 0.1) is 11.9 Å². The monoisotopic (exact) mass is 238 g/mol. The highest BCUT2D eigenvalue weighted by Crippen LogP contribution is 2.30. The van der Waals surface area contributed by atoms with Gasteiger partial charge >= 0.3 is 5.97 Å². The lowest BCUT2D eigenvalue weighted by Gasteiger charge is -2.26. The van der Waals surface area contributed by atoms with Gasteiger partial charge in [-0.25, -0.2) is 4.79 Å². The standard InChI is InChI=1S/C10H14N4O3/c1-13-5-6(4-12-13)14-7(9(11)15)2-3-8(14)10(16)17/h4-5,7-8H,2-3H2,1H3,(H2,11,15)(H,16,17)/t7-,8+/m0/s1. The number of carboxylic acid groups (broad SMARTS) is 1. The molecule has 1 aliphatic rings. The van der Waals surface area contributed by atoms with E-state index in [2.05, 4.69) is 5.10 Å². The number of rotatable bonds is 3. The highest BCUT2D eigenvalue weighted by atomic mass is 16.4. The minimum atomic E-state index is -0.947. The van der Waals surface area contributed by atoms with Crippen molar-refractivity contribution < 1.29 is 14.7 Å². The Labute approximate surface area is 97.8 Å². The molecule has 7 heteroatoms. The smallest absolute Gasteiger partial charge is 0.326 e. The zero-order valence-corrected chi connectivity index (χ0v) is 9.41. The summed E-state index contributed by atoms with van der Waals surface area (Å²) in [6, 6.07) is -1.28. The maximum absolute atomic E-state index is 11.3. The van der Waals surface area contributed by atoms with Crippen molar-refractivity contribution in [3.05, 3.63) is 12.4 Å². The molecule has 0 aromatic carbocycles. The van der Waals surface area contributed by atoms with E-state index in [9.17, 15) is 9.59 Å². The highest BCUT2D eigenvalue weighted by molar-refractivity contribution is 5.89. The molecular weight excluding hydrogens is 224 g/mol. The molecule has 1 aromatic rings. The summed E-state index contributed by atoms with van der Waals surface area (Å²) >= 11 is 0. The summed E-state index contributed by atoms with van der Waals surface area (Å²) < 4.78 is 1.56. The number of primary amides is 1. The summed E-state index contributed by atoms with van der Waals surface area (Å²) in [6.07, 6.45) is 4.09. The molecule has 0 saturated carbocycles. The number of hydrogen-bond donors (Lipinski definition) is 2. The first kappa shape index (κ1) is 11.4. The number of nitrogens with zero attached hydrogens (tertiary/aromatic N) is 3. The number of carbonyl (C=O) groups is 2. The lowest BCUT2D eigenvalue weighted by atomic mass is 10.2. The Morgan fingerprint density at radius 1 is 1.47 bits per heavy atom. The Morgan fingerprint density at radius 3 is 2.59 bits per heavy atom. The van der Waals surface area contributed by atoms with Gasteiger partial charge in [0, 0.05) is 13.2 Å². The van der Waals surface area contributed by atoms with E-state index >= 15 is 0 Å². The van der Waals surface area contributed by atoms with E-state index in [1.54, 1.807) is 17.9 Å². The van der Waals surface area contributed by atoms with Crippen LogP contribution in [-0.4, -0.2) is 38.8 Å². The van der Waals surface area contributed by atoms with Crippen LogP contribution in [0.4, 0.5) is 5.69 Å². The Balaban J connectivity index is 2.35. The van der Waals surface area contributed by atoms with E-state index in [0.717, 1.165) is 0 Å². The number of amides is 1. The number of carboxylic acids is 1. The van der Waals surface area contributed by atoms with Crippen molar-refractivity contribution in [2.45, 2.75) is 24.9 Å². The molecule has 7 nitrogen and oxygen atoms in total. The van der Waals surface area contributed by atoms with Crippen molar-refractivity contribution in [3.8, 4) is 0 Å². The lowest BCUT2D eigenvalue weighted by Crippen LogP contribution is -2.46.